The van der Waals surface area contributed by atoms with Crippen LogP contribution in [0.1, 0.15) is 46.5 Å². The minimum Gasteiger partial charge on any atom is -0.376 e. The van der Waals surface area contributed by atoms with Crippen LogP contribution in [0.2, 0.25) is 0 Å². The van der Waals surface area contributed by atoms with Crippen molar-refractivity contribution in [3.05, 3.63) is 0 Å². The van der Waals surface area contributed by atoms with Crippen LogP contribution in [0.15, 0.2) is 0 Å². The van der Waals surface area contributed by atoms with E-state index in [1.54, 1.807) is 0 Å². The van der Waals surface area contributed by atoms with Gasteiger partial charge in [0, 0.05) is 26.1 Å². The first-order chi connectivity index (χ1) is 9.06. The molecule has 0 spiro atoms. The number of ether oxygens (including phenoxy) is 1. The lowest BCUT2D eigenvalue weighted by molar-refractivity contribution is -0.133. The van der Waals surface area contributed by atoms with Gasteiger partial charge in [0.2, 0.25) is 5.91 Å². The van der Waals surface area contributed by atoms with Crippen molar-refractivity contribution in [1.82, 2.24) is 4.90 Å². The Morgan fingerprint density at radius 2 is 2.21 bits per heavy atom. The van der Waals surface area contributed by atoms with E-state index in [9.17, 15) is 4.79 Å². The van der Waals surface area contributed by atoms with Crippen LogP contribution in [-0.4, -0.2) is 43.2 Å². The van der Waals surface area contributed by atoms with Gasteiger partial charge in [-0.05, 0) is 44.6 Å². The maximum absolute atomic E-state index is 12.3. The average molecular weight is 270 g/mol. The van der Waals surface area contributed by atoms with Gasteiger partial charge in [-0.15, -0.1) is 0 Å². The maximum atomic E-state index is 12.3. The Labute approximate surface area is 117 Å². The fourth-order valence-corrected chi connectivity index (χ4v) is 2.75. The van der Waals surface area contributed by atoms with E-state index in [0.29, 0.717) is 24.8 Å². The SMILES string of the molecule is CCN(CC1CCCO1)C(=O)C[C@@H](CN)CC(C)C. The number of carbonyl (C=O) groups is 1. The largest absolute Gasteiger partial charge is 0.376 e. The zero-order valence-corrected chi connectivity index (χ0v) is 12.7. The van der Waals surface area contributed by atoms with E-state index in [0.717, 1.165) is 39.0 Å². The molecule has 0 aliphatic carbocycles. The zero-order valence-electron chi connectivity index (χ0n) is 12.7. The number of nitrogens with zero attached hydrogens (tertiary/aromatic N) is 1. The number of amides is 1. The number of hydrogen-bond donors (Lipinski definition) is 1. The molecule has 1 aliphatic rings. The summed E-state index contributed by atoms with van der Waals surface area (Å²) in [6.07, 6.45) is 4.05. The van der Waals surface area contributed by atoms with Crippen molar-refractivity contribution in [3.8, 4) is 0 Å². The van der Waals surface area contributed by atoms with Gasteiger partial charge >= 0.3 is 0 Å². The second-order valence-corrected chi connectivity index (χ2v) is 6.00. The quantitative estimate of drug-likeness (QED) is 0.734. The van der Waals surface area contributed by atoms with Crippen LogP contribution in [0, 0.1) is 11.8 Å². The molecule has 1 fully saturated rings. The fraction of sp³-hybridized carbons (Fsp3) is 0.933. The molecule has 0 aromatic carbocycles. The zero-order chi connectivity index (χ0) is 14.3. The summed E-state index contributed by atoms with van der Waals surface area (Å²) < 4.78 is 5.61. The van der Waals surface area contributed by atoms with E-state index >= 15 is 0 Å². The Hall–Kier alpha value is -0.610. The number of carbonyl (C=O) groups excluding carboxylic acids is 1. The maximum Gasteiger partial charge on any atom is 0.222 e. The molecule has 1 saturated heterocycles. The molecule has 0 radical (unpaired) electrons. The Morgan fingerprint density at radius 1 is 1.47 bits per heavy atom. The summed E-state index contributed by atoms with van der Waals surface area (Å²) in [6, 6.07) is 0. The number of nitrogens with two attached hydrogens (primary N) is 1. The first-order valence-electron chi connectivity index (χ1n) is 7.66. The van der Waals surface area contributed by atoms with Gasteiger partial charge in [-0.1, -0.05) is 13.8 Å². The molecule has 0 bridgehead atoms. The molecule has 1 rings (SSSR count). The highest BCUT2D eigenvalue weighted by molar-refractivity contribution is 5.76. The predicted octanol–water partition coefficient (Wildman–Crippen LogP) is 2.02. The lowest BCUT2D eigenvalue weighted by atomic mass is 9.93. The van der Waals surface area contributed by atoms with E-state index in [-0.39, 0.29) is 12.0 Å². The van der Waals surface area contributed by atoms with Crippen LogP contribution < -0.4 is 5.73 Å². The topological polar surface area (TPSA) is 55.6 Å². The first-order valence-corrected chi connectivity index (χ1v) is 7.66. The Bertz CT molecular complexity index is 263. The lowest BCUT2D eigenvalue weighted by Gasteiger charge is -2.26. The molecule has 1 aliphatic heterocycles. The summed E-state index contributed by atoms with van der Waals surface area (Å²) in [4.78, 5) is 14.3. The van der Waals surface area contributed by atoms with Crippen molar-refractivity contribution >= 4 is 5.91 Å². The first kappa shape index (κ1) is 16.4. The van der Waals surface area contributed by atoms with Crippen molar-refractivity contribution in [1.29, 1.82) is 0 Å². The van der Waals surface area contributed by atoms with Crippen LogP contribution >= 0.6 is 0 Å². The van der Waals surface area contributed by atoms with E-state index in [4.69, 9.17) is 10.5 Å². The summed E-state index contributed by atoms with van der Waals surface area (Å²) in [5.74, 6) is 1.13. The van der Waals surface area contributed by atoms with Gasteiger partial charge in [0.15, 0.2) is 0 Å². The van der Waals surface area contributed by atoms with Crippen LogP contribution in [0.5, 0.6) is 0 Å². The van der Waals surface area contributed by atoms with E-state index in [2.05, 4.69) is 13.8 Å². The fourth-order valence-electron chi connectivity index (χ4n) is 2.75. The number of likely N-dealkylation sites (N-methyl/N-ethyl adjacent to an activating group) is 1. The van der Waals surface area contributed by atoms with Crippen molar-refractivity contribution < 1.29 is 9.53 Å². The Morgan fingerprint density at radius 3 is 2.68 bits per heavy atom. The molecule has 0 aromatic rings. The van der Waals surface area contributed by atoms with Gasteiger partial charge in [0.1, 0.15) is 0 Å². The smallest absolute Gasteiger partial charge is 0.222 e. The number of rotatable bonds is 8. The summed E-state index contributed by atoms with van der Waals surface area (Å²) in [7, 11) is 0. The molecule has 1 heterocycles. The van der Waals surface area contributed by atoms with Gasteiger partial charge in [-0.2, -0.15) is 0 Å². The predicted molar refractivity (Wildman–Crippen MR) is 77.8 cm³/mol. The van der Waals surface area contributed by atoms with E-state index in [1.165, 1.54) is 0 Å². The highest BCUT2D eigenvalue weighted by atomic mass is 16.5. The molecule has 4 nitrogen and oxygen atoms in total. The average Bonchev–Trinajstić information content (AvgIpc) is 2.87. The van der Waals surface area contributed by atoms with E-state index < -0.39 is 0 Å². The van der Waals surface area contributed by atoms with Crippen molar-refractivity contribution in [3.63, 3.8) is 0 Å². The highest BCUT2D eigenvalue weighted by Gasteiger charge is 2.23. The van der Waals surface area contributed by atoms with Crippen molar-refractivity contribution in [2.24, 2.45) is 17.6 Å². The summed E-state index contributed by atoms with van der Waals surface area (Å²) >= 11 is 0. The molecular weight excluding hydrogens is 240 g/mol. The summed E-state index contributed by atoms with van der Waals surface area (Å²) in [6.45, 7) is 9.34. The summed E-state index contributed by atoms with van der Waals surface area (Å²) in [5, 5.41) is 0. The normalized spacial score (nSPS) is 20.8. The minimum atomic E-state index is 0.231. The molecule has 1 amide bonds. The van der Waals surface area contributed by atoms with Crippen LogP contribution in [0.4, 0.5) is 0 Å². The van der Waals surface area contributed by atoms with Crippen LogP contribution in [0.25, 0.3) is 0 Å². The molecule has 112 valence electrons. The monoisotopic (exact) mass is 270 g/mol. The Kier molecular flexibility index (Phi) is 7.39. The molecule has 4 heteroatoms. The van der Waals surface area contributed by atoms with Gasteiger partial charge in [-0.3, -0.25) is 4.79 Å². The van der Waals surface area contributed by atoms with Gasteiger partial charge in [-0.25, -0.2) is 0 Å². The second kappa shape index (κ2) is 8.54. The van der Waals surface area contributed by atoms with Gasteiger partial charge in [0.05, 0.1) is 6.10 Å². The van der Waals surface area contributed by atoms with Crippen LogP contribution in [0.3, 0.4) is 0 Å². The third kappa shape index (κ3) is 5.91. The van der Waals surface area contributed by atoms with Crippen molar-refractivity contribution in [2.45, 2.75) is 52.6 Å². The van der Waals surface area contributed by atoms with E-state index in [1.807, 2.05) is 11.8 Å². The minimum absolute atomic E-state index is 0.231. The molecule has 1 unspecified atom stereocenters. The molecule has 0 aromatic heterocycles. The summed E-state index contributed by atoms with van der Waals surface area (Å²) in [5.41, 5.74) is 5.78. The third-order valence-electron chi connectivity index (χ3n) is 3.78. The molecule has 2 N–H and O–H groups in total. The Balaban J connectivity index is 2.42. The van der Waals surface area contributed by atoms with Gasteiger partial charge in [0.25, 0.3) is 0 Å². The molecule has 19 heavy (non-hydrogen) atoms. The standard InChI is InChI=1S/C15H30N2O2/c1-4-17(11-14-6-5-7-19-14)15(18)9-13(10-16)8-12(2)3/h12-14H,4-11,16H2,1-3H3/t13-,14?/m0/s1. The number of hydrogen-bond acceptors (Lipinski definition) is 3. The highest BCUT2D eigenvalue weighted by Crippen LogP contribution is 2.18. The molecular formula is C15H30N2O2. The second-order valence-electron chi connectivity index (χ2n) is 6.00. The van der Waals surface area contributed by atoms with Crippen LogP contribution in [-0.2, 0) is 9.53 Å². The van der Waals surface area contributed by atoms with Gasteiger partial charge < -0.3 is 15.4 Å². The molecule has 2 atom stereocenters. The molecule has 0 saturated carbocycles. The third-order valence-corrected chi connectivity index (χ3v) is 3.78. The lowest BCUT2D eigenvalue weighted by Crippen LogP contribution is -2.38. The van der Waals surface area contributed by atoms with Crippen molar-refractivity contribution in [2.75, 3.05) is 26.2 Å².